The number of hydrogen-bond donors (Lipinski definition) is 1. The zero-order valence-electron chi connectivity index (χ0n) is 13.9. The highest BCUT2D eigenvalue weighted by Crippen LogP contribution is 2.37. The van der Waals surface area contributed by atoms with E-state index in [4.69, 9.17) is 0 Å². The summed E-state index contributed by atoms with van der Waals surface area (Å²) in [6.07, 6.45) is 0. The second-order valence-corrected chi connectivity index (χ2v) is 9.99. The van der Waals surface area contributed by atoms with E-state index >= 15 is 0 Å². The molecule has 0 spiro atoms. The first-order valence-corrected chi connectivity index (χ1v) is 11.7. The predicted octanol–water partition coefficient (Wildman–Crippen LogP) is 4.46. The van der Waals surface area contributed by atoms with Crippen molar-refractivity contribution in [1.29, 1.82) is 0 Å². The molecule has 0 aliphatic carbocycles. The number of amides is 2. The molecule has 2 heterocycles. The van der Waals surface area contributed by atoms with Gasteiger partial charge in [0.25, 0.3) is 5.91 Å². The fraction of sp³-hybridized carbons (Fsp3) is 0.167. The van der Waals surface area contributed by atoms with Gasteiger partial charge in [-0.2, -0.15) is 0 Å². The molecule has 1 unspecified atom stereocenters. The summed E-state index contributed by atoms with van der Waals surface area (Å²) in [4.78, 5) is 29.1. The van der Waals surface area contributed by atoms with Crippen molar-refractivity contribution in [1.82, 2.24) is 15.4 Å². The number of thioether (sulfide) groups is 2. The normalized spacial score (nSPS) is 16.9. The molecule has 1 atom stereocenters. The average molecular weight is 480 g/mol. The van der Waals surface area contributed by atoms with Crippen LogP contribution in [-0.2, 0) is 9.59 Å². The van der Waals surface area contributed by atoms with E-state index in [2.05, 4.69) is 26.3 Å². The SMILES string of the molecule is O=C(CSc1nc2ccccc2s1)NN1C(=O)CSC1c1ccc(Br)cc1. The minimum absolute atomic E-state index is 0.0914. The van der Waals surface area contributed by atoms with Gasteiger partial charge in [0.15, 0.2) is 4.34 Å². The quantitative estimate of drug-likeness (QED) is 0.547. The van der Waals surface area contributed by atoms with Crippen molar-refractivity contribution >= 4 is 72.8 Å². The van der Waals surface area contributed by atoms with E-state index < -0.39 is 0 Å². The Kier molecular flexibility index (Phi) is 5.72. The Balaban J connectivity index is 1.39. The summed E-state index contributed by atoms with van der Waals surface area (Å²) in [7, 11) is 0. The molecule has 3 aromatic rings. The maximum Gasteiger partial charge on any atom is 0.252 e. The molecule has 0 saturated carbocycles. The fourth-order valence-electron chi connectivity index (χ4n) is 2.63. The van der Waals surface area contributed by atoms with Crippen molar-refractivity contribution in [2.75, 3.05) is 11.5 Å². The van der Waals surface area contributed by atoms with Crippen molar-refractivity contribution in [2.45, 2.75) is 9.71 Å². The Bertz CT molecular complexity index is 960. The summed E-state index contributed by atoms with van der Waals surface area (Å²) in [5.41, 5.74) is 4.68. The molecule has 1 saturated heterocycles. The Hall–Kier alpha value is -1.55. The van der Waals surface area contributed by atoms with E-state index in [0.29, 0.717) is 5.75 Å². The lowest BCUT2D eigenvalue weighted by Crippen LogP contribution is -2.45. The summed E-state index contributed by atoms with van der Waals surface area (Å²) in [5, 5.41) is 1.23. The van der Waals surface area contributed by atoms with Gasteiger partial charge in [-0.15, -0.1) is 23.1 Å². The Morgan fingerprint density at radius 1 is 1.26 bits per heavy atom. The molecule has 1 aromatic heterocycles. The molecule has 2 amide bonds. The molecule has 0 radical (unpaired) electrons. The maximum absolute atomic E-state index is 12.4. The lowest BCUT2D eigenvalue weighted by Gasteiger charge is -2.24. The van der Waals surface area contributed by atoms with Crippen molar-refractivity contribution in [3.63, 3.8) is 0 Å². The van der Waals surface area contributed by atoms with Gasteiger partial charge in [0.1, 0.15) is 5.37 Å². The van der Waals surface area contributed by atoms with Gasteiger partial charge in [-0.1, -0.05) is 52.0 Å². The van der Waals surface area contributed by atoms with Crippen molar-refractivity contribution in [3.05, 3.63) is 58.6 Å². The number of hydrazine groups is 1. The first-order valence-electron chi connectivity index (χ1n) is 8.07. The maximum atomic E-state index is 12.4. The van der Waals surface area contributed by atoms with Gasteiger partial charge in [-0.05, 0) is 29.8 Å². The average Bonchev–Trinajstić information content (AvgIpc) is 3.24. The number of carbonyl (C=O) groups is 2. The zero-order valence-corrected chi connectivity index (χ0v) is 18.0. The topological polar surface area (TPSA) is 62.3 Å². The largest absolute Gasteiger partial charge is 0.272 e. The van der Waals surface area contributed by atoms with Crippen LogP contribution >= 0.6 is 50.8 Å². The van der Waals surface area contributed by atoms with E-state index in [-0.39, 0.29) is 22.9 Å². The first kappa shape index (κ1) is 18.8. The second-order valence-electron chi connectivity index (χ2n) is 5.75. The number of halogens is 1. The number of hydrogen-bond acceptors (Lipinski definition) is 6. The molecule has 1 aliphatic heterocycles. The van der Waals surface area contributed by atoms with Crippen LogP contribution in [0.1, 0.15) is 10.9 Å². The highest BCUT2D eigenvalue weighted by molar-refractivity contribution is 9.10. The van der Waals surface area contributed by atoms with E-state index in [1.54, 1.807) is 11.3 Å². The zero-order chi connectivity index (χ0) is 18.8. The highest BCUT2D eigenvalue weighted by atomic mass is 79.9. The van der Waals surface area contributed by atoms with Crippen molar-refractivity contribution in [2.24, 2.45) is 0 Å². The van der Waals surface area contributed by atoms with Gasteiger partial charge in [-0.3, -0.25) is 15.0 Å². The lowest BCUT2D eigenvalue weighted by molar-refractivity contribution is -0.138. The standard InChI is InChI=1S/C18H14BrN3O2S3/c19-12-7-5-11(6-8-12)17-22(16(24)10-25-17)21-15(23)9-26-18-20-13-3-1-2-4-14(13)27-18/h1-8,17H,9-10H2,(H,21,23). The van der Waals surface area contributed by atoms with Gasteiger partial charge in [0, 0.05) is 4.47 Å². The van der Waals surface area contributed by atoms with Gasteiger partial charge in [-0.25, -0.2) is 9.99 Å². The lowest BCUT2D eigenvalue weighted by atomic mass is 10.2. The summed E-state index contributed by atoms with van der Waals surface area (Å²) in [5.74, 6) is 0.261. The Labute approximate surface area is 177 Å². The van der Waals surface area contributed by atoms with Crippen molar-refractivity contribution < 1.29 is 9.59 Å². The first-order chi connectivity index (χ1) is 13.1. The molecule has 1 fully saturated rings. The van der Waals surface area contributed by atoms with Gasteiger partial charge >= 0.3 is 0 Å². The minimum atomic E-state index is -0.211. The minimum Gasteiger partial charge on any atom is -0.272 e. The van der Waals surface area contributed by atoms with Crippen LogP contribution < -0.4 is 5.43 Å². The number of aromatic nitrogens is 1. The molecular formula is C18H14BrN3O2S3. The molecule has 1 aliphatic rings. The summed E-state index contributed by atoms with van der Waals surface area (Å²) < 4.78 is 2.92. The van der Waals surface area contributed by atoms with E-state index in [0.717, 1.165) is 24.6 Å². The van der Waals surface area contributed by atoms with Crippen LogP contribution in [-0.4, -0.2) is 33.3 Å². The van der Waals surface area contributed by atoms with E-state index in [1.165, 1.54) is 28.5 Å². The monoisotopic (exact) mass is 479 g/mol. The predicted molar refractivity (Wildman–Crippen MR) is 115 cm³/mol. The number of nitrogens with one attached hydrogen (secondary N) is 1. The number of benzene rings is 2. The number of rotatable bonds is 5. The molecule has 9 heteroatoms. The molecule has 4 rings (SSSR count). The van der Waals surface area contributed by atoms with Crippen LogP contribution in [0.5, 0.6) is 0 Å². The number of para-hydroxylation sites is 1. The third kappa shape index (κ3) is 4.31. The van der Waals surface area contributed by atoms with Crippen LogP contribution in [0.3, 0.4) is 0 Å². The van der Waals surface area contributed by atoms with Gasteiger partial charge < -0.3 is 0 Å². The number of nitrogens with zero attached hydrogens (tertiary/aromatic N) is 2. The Morgan fingerprint density at radius 3 is 2.81 bits per heavy atom. The molecule has 5 nitrogen and oxygen atoms in total. The summed E-state index contributed by atoms with van der Waals surface area (Å²) >= 11 is 7.86. The highest BCUT2D eigenvalue weighted by Gasteiger charge is 2.34. The number of carbonyl (C=O) groups excluding carboxylic acids is 2. The fourth-order valence-corrected chi connectivity index (χ4v) is 5.86. The smallest absolute Gasteiger partial charge is 0.252 e. The number of fused-ring (bicyclic) bond motifs is 1. The van der Waals surface area contributed by atoms with Crippen LogP contribution in [0.2, 0.25) is 0 Å². The molecule has 27 heavy (non-hydrogen) atoms. The summed E-state index contributed by atoms with van der Waals surface area (Å²) in [6.45, 7) is 0. The van der Waals surface area contributed by atoms with Crippen LogP contribution in [0.25, 0.3) is 10.2 Å². The molecule has 1 N–H and O–H groups in total. The molecule has 138 valence electrons. The van der Waals surface area contributed by atoms with Crippen LogP contribution in [0.15, 0.2) is 57.3 Å². The number of thiazole rings is 1. The Morgan fingerprint density at radius 2 is 2.04 bits per heavy atom. The van der Waals surface area contributed by atoms with Gasteiger partial charge in [0.2, 0.25) is 5.91 Å². The molecule has 0 bridgehead atoms. The van der Waals surface area contributed by atoms with E-state index in [9.17, 15) is 9.59 Å². The third-order valence-corrected chi connectivity index (χ3v) is 7.79. The van der Waals surface area contributed by atoms with Crippen molar-refractivity contribution in [3.8, 4) is 0 Å². The summed E-state index contributed by atoms with van der Waals surface area (Å²) in [6, 6.07) is 15.7. The molecular weight excluding hydrogens is 466 g/mol. The van der Waals surface area contributed by atoms with Crippen LogP contribution in [0, 0.1) is 0 Å². The third-order valence-electron chi connectivity index (χ3n) is 3.87. The van der Waals surface area contributed by atoms with Gasteiger partial charge in [0.05, 0.1) is 21.7 Å². The second kappa shape index (κ2) is 8.22. The van der Waals surface area contributed by atoms with E-state index in [1.807, 2.05) is 48.5 Å². The molecule has 2 aromatic carbocycles. The van der Waals surface area contributed by atoms with Crippen LogP contribution in [0.4, 0.5) is 0 Å².